The minimum absolute atomic E-state index is 0.00818. The van der Waals surface area contributed by atoms with Gasteiger partial charge in [-0.25, -0.2) is 22.8 Å². The number of pyridine rings is 1. The number of halogens is 3. The van der Waals surface area contributed by atoms with Crippen LogP contribution in [0.15, 0.2) is 48.8 Å². The van der Waals surface area contributed by atoms with Gasteiger partial charge < -0.3 is 15.8 Å². The van der Waals surface area contributed by atoms with Crippen LogP contribution in [0.5, 0.6) is 5.75 Å². The monoisotopic (exact) mass is 569 g/mol. The molecule has 0 bridgehead atoms. The summed E-state index contributed by atoms with van der Waals surface area (Å²) in [7, 11) is 0. The third-order valence-corrected chi connectivity index (χ3v) is 7.21. The predicted octanol–water partition coefficient (Wildman–Crippen LogP) is 5.15. The molecule has 14 heteroatoms. The van der Waals surface area contributed by atoms with Crippen molar-refractivity contribution in [2.45, 2.75) is 33.5 Å². The summed E-state index contributed by atoms with van der Waals surface area (Å²) >= 11 is 0.807. The Hall–Kier alpha value is -4.72. The number of aromatic nitrogens is 5. The molecule has 5 aromatic rings. The summed E-state index contributed by atoms with van der Waals surface area (Å²) in [5.74, 6) is -1.53. The zero-order chi connectivity index (χ0) is 28.6. The van der Waals surface area contributed by atoms with Gasteiger partial charge >= 0.3 is 0 Å². The van der Waals surface area contributed by atoms with E-state index in [1.807, 2.05) is 6.92 Å². The van der Waals surface area contributed by atoms with Gasteiger partial charge in [-0.3, -0.25) is 14.3 Å². The first-order valence-electron chi connectivity index (χ1n) is 12.0. The molecule has 4 heterocycles. The Labute approximate surface area is 229 Å². The fourth-order valence-electron chi connectivity index (χ4n) is 4.17. The highest BCUT2D eigenvalue weighted by Gasteiger charge is 2.27. The number of amides is 2. The highest BCUT2D eigenvalue weighted by Crippen LogP contribution is 2.43. The number of aryl methyl sites for hydroxylation is 1. The number of anilines is 1. The fraction of sp³-hybridized carbons (Fsp3) is 0.192. The first-order chi connectivity index (χ1) is 19.2. The number of nitrogens with two attached hydrogens (primary N) is 1. The number of carbonyl (C=O) groups is 2. The van der Waals surface area contributed by atoms with Crippen LogP contribution in [0, 0.1) is 12.7 Å². The number of hydrogen-bond acceptors (Lipinski definition) is 7. The molecule has 2 amide bonds. The molecule has 0 saturated heterocycles. The molecule has 0 unspecified atom stereocenters. The first-order valence-corrected chi connectivity index (χ1v) is 12.8. The summed E-state index contributed by atoms with van der Waals surface area (Å²) in [5.41, 5.74) is 6.74. The molecule has 0 atom stereocenters. The molecule has 206 valence electrons. The Morgan fingerprint density at radius 2 is 1.93 bits per heavy atom. The minimum atomic E-state index is -2.87. The minimum Gasteiger partial charge on any atom is -0.471 e. The number of rotatable bonds is 9. The lowest BCUT2D eigenvalue weighted by Crippen LogP contribution is -2.18. The van der Waals surface area contributed by atoms with E-state index in [-0.39, 0.29) is 33.2 Å². The highest BCUT2D eigenvalue weighted by molar-refractivity contribution is 7.21. The van der Waals surface area contributed by atoms with Crippen LogP contribution < -0.4 is 15.8 Å². The van der Waals surface area contributed by atoms with E-state index in [1.165, 1.54) is 47.3 Å². The Morgan fingerprint density at radius 3 is 2.58 bits per heavy atom. The normalized spacial score (nSPS) is 11.3. The molecule has 4 aromatic heterocycles. The second-order valence-electron chi connectivity index (χ2n) is 8.63. The summed E-state index contributed by atoms with van der Waals surface area (Å²) in [6, 6.07) is 8.08. The zero-order valence-electron chi connectivity index (χ0n) is 21.2. The molecule has 0 spiro atoms. The highest BCUT2D eigenvalue weighted by atomic mass is 32.1. The van der Waals surface area contributed by atoms with Gasteiger partial charge in [0.15, 0.2) is 12.4 Å². The number of nitrogens with zero attached hydrogens (tertiary/aromatic N) is 5. The standard InChI is InChI=1S/C26H22F3N7O3S/c1-3-36-13(2)17(11-31-36)16-10-19(23(28)29)32-26-20(16)21(22(40-26)24(30)37)33-25(38)18-8-9-35(34-18)12-39-15-6-4-14(27)5-7-15/h4-11,23H,3,12H2,1-2H3,(H2,30,37)(H,33,38). The van der Waals surface area contributed by atoms with Crippen molar-refractivity contribution in [3.63, 3.8) is 0 Å². The maximum Gasteiger partial charge on any atom is 0.280 e. The van der Waals surface area contributed by atoms with Crippen molar-refractivity contribution in [3.05, 3.63) is 76.6 Å². The first kappa shape index (κ1) is 26.9. The summed E-state index contributed by atoms with van der Waals surface area (Å²) < 4.78 is 49.2. The Kier molecular flexibility index (Phi) is 7.26. The van der Waals surface area contributed by atoms with E-state index in [4.69, 9.17) is 10.5 Å². The number of primary amides is 1. The van der Waals surface area contributed by atoms with Gasteiger partial charge in [-0.15, -0.1) is 11.3 Å². The lowest BCUT2D eigenvalue weighted by atomic mass is 10.0. The van der Waals surface area contributed by atoms with Gasteiger partial charge in [0.05, 0.1) is 11.9 Å². The number of carbonyl (C=O) groups excluding carboxylic acids is 2. The Bertz CT molecular complexity index is 1730. The van der Waals surface area contributed by atoms with Crippen molar-refractivity contribution in [2.75, 3.05) is 5.32 Å². The summed E-state index contributed by atoms with van der Waals surface area (Å²) in [6.45, 7) is 4.18. The van der Waals surface area contributed by atoms with Gasteiger partial charge in [-0.05, 0) is 55.8 Å². The molecule has 5 rings (SSSR count). The summed E-state index contributed by atoms with van der Waals surface area (Å²) in [4.78, 5) is 29.7. The molecular weight excluding hydrogens is 547 g/mol. The molecule has 10 nitrogen and oxygen atoms in total. The van der Waals surface area contributed by atoms with E-state index >= 15 is 0 Å². The van der Waals surface area contributed by atoms with Gasteiger partial charge in [-0.1, -0.05) is 0 Å². The van der Waals surface area contributed by atoms with Crippen LogP contribution in [0.4, 0.5) is 18.9 Å². The van der Waals surface area contributed by atoms with Gasteiger partial charge in [0.25, 0.3) is 18.2 Å². The molecule has 0 aliphatic carbocycles. The van der Waals surface area contributed by atoms with E-state index in [2.05, 4.69) is 20.5 Å². The maximum atomic E-state index is 13.8. The van der Waals surface area contributed by atoms with Crippen molar-refractivity contribution in [2.24, 2.45) is 5.73 Å². The topological polar surface area (TPSA) is 130 Å². The van der Waals surface area contributed by atoms with E-state index in [1.54, 1.807) is 17.8 Å². The zero-order valence-corrected chi connectivity index (χ0v) is 22.0. The largest absolute Gasteiger partial charge is 0.471 e. The van der Waals surface area contributed by atoms with Crippen LogP contribution >= 0.6 is 11.3 Å². The molecule has 0 fully saturated rings. The van der Waals surface area contributed by atoms with Crippen molar-refractivity contribution in [1.29, 1.82) is 0 Å². The van der Waals surface area contributed by atoms with Gasteiger partial charge in [0.2, 0.25) is 0 Å². The SMILES string of the molecule is CCn1ncc(-c2cc(C(F)F)nc3sc(C(N)=O)c(NC(=O)c4ccn(COc5ccc(F)cc5)n4)c23)c1C. The third-order valence-electron chi connectivity index (χ3n) is 6.11. The van der Waals surface area contributed by atoms with Crippen molar-refractivity contribution in [1.82, 2.24) is 24.5 Å². The van der Waals surface area contributed by atoms with Gasteiger partial charge in [-0.2, -0.15) is 10.2 Å². The van der Waals surface area contributed by atoms with Crippen LogP contribution in [-0.4, -0.2) is 36.4 Å². The van der Waals surface area contributed by atoms with E-state index in [0.717, 1.165) is 11.3 Å². The molecule has 0 aliphatic rings. The van der Waals surface area contributed by atoms with Crippen molar-refractivity contribution in [3.8, 4) is 16.9 Å². The van der Waals surface area contributed by atoms with Crippen molar-refractivity contribution < 1.29 is 27.5 Å². The Morgan fingerprint density at radius 1 is 1.18 bits per heavy atom. The average molecular weight is 570 g/mol. The smallest absolute Gasteiger partial charge is 0.280 e. The number of benzene rings is 1. The van der Waals surface area contributed by atoms with Crippen LogP contribution in [0.1, 0.15) is 44.9 Å². The number of thiophene rings is 1. The molecule has 3 N–H and O–H groups in total. The van der Waals surface area contributed by atoms with Gasteiger partial charge in [0, 0.05) is 29.4 Å². The predicted molar refractivity (Wildman–Crippen MR) is 142 cm³/mol. The van der Waals surface area contributed by atoms with Crippen LogP contribution in [0.2, 0.25) is 0 Å². The molecule has 40 heavy (non-hydrogen) atoms. The number of hydrogen-bond donors (Lipinski definition) is 2. The summed E-state index contributed by atoms with van der Waals surface area (Å²) in [6.07, 6.45) is 0.172. The Balaban J connectivity index is 1.52. The van der Waals surface area contributed by atoms with Crippen LogP contribution in [0.25, 0.3) is 21.3 Å². The molecule has 0 aliphatic heterocycles. The molecule has 0 radical (unpaired) electrons. The number of fused-ring (bicyclic) bond motifs is 1. The van der Waals surface area contributed by atoms with E-state index < -0.39 is 29.8 Å². The van der Waals surface area contributed by atoms with Crippen LogP contribution in [-0.2, 0) is 13.3 Å². The van der Waals surface area contributed by atoms with E-state index in [0.29, 0.717) is 29.1 Å². The lowest BCUT2D eigenvalue weighted by molar-refractivity contribution is 0.100. The quantitative estimate of drug-likeness (QED) is 0.253. The maximum absolute atomic E-state index is 13.8. The van der Waals surface area contributed by atoms with Gasteiger partial charge in [0.1, 0.15) is 27.0 Å². The molecule has 0 saturated carbocycles. The number of nitrogens with one attached hydrogen (secondary N) is 1. The molecule has 1 aromatic carbocycles. The average Bonchev–Trinajstić information content (AvgIpc) is 3.65. The number of ether oxygens (including phenoxy) is 1. The van der Waals surface area contributed by atoms with Crippen molar-refractivity contribution >= 4 is 39.1 Å². The second-order valence-corrected chi connectivity index (χ2v) is 9.63. The van der Waals surface area contributed by atoms with Crippen LogP contribution in [0.3, 0.4) is 0 Å². The second kappa shape index (κ2) is 10.8. The number of alkyl halides is 2. The van der Waals surface area contributed by atoms with E-state index in [9.17, 15) is 22.8 Å². The molecular formula is C26H22F3N7O3S. The summed E-state index contributed by atoms with van der Waals surface area (Å²) in [5, 5.41) is 11.5. The lowest BCUT2D eigenvalue weighted by Gasteiger charge is -2.10. The third kappa shape index (κ3) is 5.12. The fourth-order valence-corrected chi connectivity index (χ4v) is 5.18.